The third-order valence-corrected chi connectivity index (χ3v) is 6.60. The second-order valence-corrected chi connectivity index (χ2v) is 7.87. The normalized spacial score (nSPS) is 18.8. The summed E-state index contributed by atoms with van der Waals surface area (Å²) in [6, 6.07) is 18.6. The molecule has 0 saturated carbocycles. The van der Waals surface area contributed by atoms with Crippen molar-refractivity contribution in [1.29, 1.82) is 0 Å². The number of nitrogens with zero attached hydrogens (tertiary/aromatic N) is 1. The van der Waals surface area contributed by atoms with E-state index >= 15 is 0 Å². The summed E-state index contributed by atoms with van der Waals surface area (Å²) in [5.74, 6) is -0.493. The van der Waals surface area contributed by atoms with Gasteiger partial charge in [0.15, 0.2) is 12.1 Å². The predicted octanol–water partition coefficient (Wildman–Crippen LogP) is 4.52. The molecule has 3 nitrogen and oxygen atoms in total. The highest BCUT2D eigenvalue weighted by Crippen LogP contribution is 2.49. The van der Waals surface area contributed by atoms with Gasteiger partial charge in [-0.25, -0.2) is 0 Å². The molecule has 126 valence electrons. The summed E-state index contributed by atoms with van der Waals surface area (Å²) in [5, 5.41) is 3.04. The number of para-hydroxylation sites is 1. The van der Waals surface area contributed by atoms with E-state index in [9.17, 15) is 4.79 Å². The highest BCUT2D eigenvalue weighted by molar-refractivity contribution is 7.99. The van der Waals surface area contributed by atoms with E-state index in [0.29, 0.717) is 6.61 Å². The molecule has 0 saturated heterocycles. The fourth-order valence-corrected chi connectivity index (χ4v) is 5.61. The number of rotatable bonds is 3. The summed E-state index contributed by atoms with van der Waals surface area (Å²) < 4.78 is 7.59. The monoisotopic (exact) mass is 368 g/mol. The van der Waals surface area contributed by atoms with Gasteiger partial charge in [0, 0.05) is 6.07 Å². The van der Waals surface area contributed by atoms with Gasteiger partial charge in [-0.3, -0.25) is 4.79 Å². The minimum absolute atomic E-state index is 0.0196. The second-order valence-electron chi connectivity index (χ2n) is 5.76. The molecule has 1 aliphatic heterocycles. The zero-order valence-corrected chi connectivity index (χ0v) is 15.4. The van der Waals surface area contributed by atoms with Gasteiger partial charge in [-0.05, 0) is 18.6 Å². The zero-order valence-electron chi connectivity index (χ0n) is 13.8. The Balaban J connectivity index is 1.92. The first-order valence-electron chi connectivity index (χ1n) is 8.26. The largest absolute Gasteiger partial charge is 0.465 e. The van der Waals surface area contributed by atoms with Crippen LogP contribution in [0, 0.1) is 0 Å². The molecule has 3 aromatic rings. The topological polar surface area (TPSA) is 30.2 Å². The first kappa shape index (κ1) is 16.4. The van der Waals surface area contributed by atoms with Crippen molar-refractivity contribution in [2.75, 3.05) is 6.61 Å². The van der Waals surface area contributed by atoms with Crippen molar-refractivity contribution in [3.05, 3.63) is 76.7 Å². The third kappa shape index (κ3) is 2.98. The molecule has 0 N–H and O–H groups in total. The van der Waals surface area contributed by atoms with Crippen molar-refractivity contribution in [1.82, 2.24) is 0 Å². The van der Waals surface area contributed by atoms with Crippen LogP contribution < -0.4 is 4.57 Å². The average Bonchev–Trinajstić information content (AvgIpc) is 3.06. The number of ether oxygens (including phenoxy) is 1. The van der Waals surface area contributed by atoms with Crippen LogP contribution in [0.5, 0.6) is 0 Å². The highest BCUT2D eigenvalue weighted by atomic mass is 32.2. The van der Waals surface area contributed by atoms with Crippen molar-refractivity contribution in [3.63, 3.8) is 0 Å². The molecule has 0 bridgehead atoms. The van der Waals surface area contributed by atoms with Crippen molar-refractivity contribution in [2.45, 2.75) is 23.0 Å². The summed E-state index contributed by atoms with van der Waals surface area (Å²) in [4.78, 5) is 14.1. The standard InChI is InChI=1S/C20H18NO2S2/c1-2-23-20(22)17-18(14-8-4-3-5-9-14)25-16-11-7-6-10-15(16)21-12-13-24-19(17)21/h3-13,17-18H,2H2,1H3/q+1/t17?,18-/m0/s1. The summed E-state index contributed by atoms with van der Waals surface area (Å²) in [6.45, 7) is 2.25. The Kier molecular flexibility index (Phi) is 4.59. The molecule has 0 amide bonds. The number of benzene rings is 2. The van der Waals surface area contributed by atoms with Crippen LogP contribution in [0.4, 0.5) is 0 Å². The third-order valence-electron chi connectivity index (χ3n) is 4.25. The average molecular weight is 369 g/mol. The molecule has 2 heterocycles. The molecule has 1 unspecified atom stereocenters. The van der Waals surface area contributed by atoms with E-state index in [-0.39, 0.29) is 17.1 Å². The Labute approximate surface area is 155 Å². The van der Waals surface area contributed by atoms with E-state index in [1.165, 1.54) is 4.90 Å². The van der Waals surface area contributed by atoms with E-state index in [2.05, 4.69) is 28.8 Å². The molecule has 0 aliphatic carbocycles. The number of hydrogen-bond donors (Lipinski definition) is 0. The predicted molar refractivity (Wildman–Crippen MR) is 100 cm³/mol. The molecular weight excluding hydrogens is 350 g/mol. The number of hydrogen-bond acceptors (Lipinski definition) is 4. The number of carbonyl (C=O) groups excluding carboxylic acids is 1. The van der Waals surface area contributed by atoms with Crippen LogP contribution in [0.2, 0.25) is 0 Å². The fourth-order valence-electron chi connectivity index (χ4n) is 3.16. The summed E-state index contributed by atoms with van der Waals surface area (Å²) >= 11 is 3.35. The maximum Gasteiger partial charge on any atom is 0.322 e. The van der Waals surface area contributed by atoms with Crippen molar-refractivity contribution >= 4 is 29.1 Å². The van der Waals surface area contributed by atoms with Crippen LogP contribution in [-0.2, 0) is 9.53 Å². The molecule has 5 heteroatoms. The van der Waals surface area contributed by atoms with Gasteiger partial charge in [-0.15, -0.1) is 11.8 Å². The van der Waals surface area contributed by atoms with Gasteiger partial charge in [-0.2, -0.15) is 4.57 Å². The van der Waals surface area contributed by atoms with Crippen molar-refractivity contribution in [2.24, 2.45) is 0 Å². The number of thioether (sulfide) groups is 1. The number of esters is 1. The SMILES string of the molecule is CCOC(=O)C1c2scc[n+]2-c2ccccc2S[C@H]1c1ccccc1. The van der Waals surface area contributed by atoms with Gasteiger partial charge in [-0.1, -0.05) is 53.8 Å². The Bertz CT molecular complexity index is 891. The van der Waals surface area contributed by atoms with Crippen molar-refractivity contribution in [3.8, 4) is 5.69 Å². The zero-order chi connectivity index (χ0) is 17.2. The van der Waals surface area contributed by atoms with E-state index in [1.54, 1.807) is 23.1 Å². The van der Waals surface area contributed by atoms with Gasteiger partial charge in [0.05, 0.1) is 22.1 Å². The molecule has 4 rings (SSSR count). The Morgan fingerprint density at radius 1 is 1.12 bits per heavy atom. The maximum atomic E-state index is 12.9. The van der Waals surface area contributed by atoms with E-state index in [1.807, 2.05) is 48.8 Å². The summed E-state index contributed by atoms with van der Waals surface area (Å²) in [7, 11) is 0. The van der Waals surface area contributed by atoms with Crippen LogP contribution in [0.15, 0.2) is 71.1 Å². The fraction of sp³-hybridized carbons (Fsp3) is 0.200. The second kappa shape index (κ2) is 7.02. The quantitative estimate of drug-likeness (QED) is 0.503. The lowest BCUT2D eigenvalue weighted by Crippen LogP contribution is -2.36. The number of carbonyl (C=O) groups is 1. The van der Waals surface area contributed by atoms with Gasteiger partial charge in [0.2, 0.25) is 5.69 Å². The number of thiazole rings is 1. The Morgan fingerprint density at radius 3 is 2.68 bits per heavy atom. The van der Waals surface area contributed by atoms with Crippen LogP contribution in [0.1, 0.15) is 28.7 Å². The molecular formula is C20H18NO2S2+. The first-order chi connectivity index (χ1) is 12.3. The van der Waals surface area contributed by atoms with Crippen LogP contribution in [0.3, 0.4) is 0 Å². The summed E-state index contributed by atoms with van der Waals surface area (Å²) in [6.07, 6.45) is 2.04. The lowest BCUT2D eigenvalue weighted by atomic mass is 9.99. The molecule has 0 fully saturated rings. The lowest BCUT2D eigenvalue weighted by Gasteiger charge is -2.20. The van der Waals surface area contributed by atoms with Crippen LogP contribution in [-0.4, -0.2) is 12.6 Å². The maximum absolute atomic E-state index is 12.9. The van der Waals surface area contributed by atoms with E-state index in [0.717, 1.165) is 16.3 Å². The lowest BCUT2D eigenvalue weighted by molar-refractivity contribution is -0.601. The molecule has 2 aromatic carbocycles. The molecule has 1 aromatic heterocycles. The smallest absolute Gasteiger partial charge is 0.322 e. The molecule has 25 heavy (non-hydrogen) atoms. The minimum atomic E-state index is -0.334. The van der Waals surface area contributed by atoms with Gasteiger partial charge in [0.1, 0.15) is 0 Å². The van der Waals surface area contributed by atoms with Gasteiger partial charge >= 0.3 is 5.97 Å². The van der Waals surface area contributed by atoms with Crippen LogP contribution in [0.25, 0.3) is 5.69 Å². The number of aromatic nitrogens is 1. The number of fused-ring (bicyclic) bond motifs is 3. The Morgan fingerprint density at radius 2 is 1.88 bits per heavy atom. The van der Waals surface area contributed by atoms with Crippen LogP contribution >= 0.6 is 23.1 Å². The minimum Gasteiger partial charge on any atom is -0.465 e. The molecule has 2 atom stereocenters. The summed E-state index contributed by atoms with van der Waals surface area (Å²) in [5.41, 5.74) is 2.26. The van der Waals surface area contributed by atoms with Crippen molar-refractivity contribution < 1.29 is 14.1 Å². The molecule has 0 radical (unpaired) electrons. The highest BCUT2D eigenvalue weighted by Gasteiger charge is 2.44. The van der Waals surface area contributed by atoms with E-state index in [4.69, 9.17) is 4.74 Å². The van der Waals surface area contributed by atoms with Gasteiger partial charge in [0.25, 0.3) is 5.01 Å². The molecule has 1 aliphatic rings. The Hall–Kier alpha value is -2.11. The van der Waals surface area contributed by atoms with E-state index < -0.39 is 0 Å². The molecule has 0 spiro atoms. The van der Waals surface area contributed by atoms with Gasteiger partial charge < -0.3 is 4.74 Å². The first-order valence-corrected chi connectivity index (χ1v) is 10.0.